The van der Waals surface area contributed by atoms with Gasteiger partial charge in [-0.25, -0.2) is 9.37 Å². The Labute approximate surface area is 145 Å². The Balaban J connectivity index is 2.38. The molecule has 0 aliphatic rings. The minimum atomic E-state index is -0.304. The summed E-state index contributed by atoms with van der Waals surface area (Å²) in [5.41, 5.74) is 2.29. The molecule has 21 heavy (non-hydrogen) atoms. The Morgan fingerprint density at radius 3 is 2.67 bits per heavy atom. The molecule has 1 atom stereocenters. The average molecular weight is 435 g/mol. The SMILES string of the molecule is CC(Cl)c1nc2ccc(F)cc2n1-c1ccc(Cl)cc1I. The molecule has 6 heteroatoms. The van der Waals surface area contributed by atoms with Gasteiger partial charge in [-0.15, -0.1) is 11.6 Å². The number of imidazole rings is 1. The molecule has 2 nitrogen and oxygen atoms in total. The van der Waals surface area contributed by atoms with Crippen LogP contribution in [0.4, 0.5) is 4.39 Å². The quantitative estimate of drug-likeness (QED) is 0.372. The van der Waals surface area contributed by atoms with Crippen molar-refractivity contribution >= 4 is 56.8 Å². The van der Waals surface area contributed by atoms with E-state index in [9.17, 15) is 4.39 Å². The van der Waals surface area contributed by atoms with E-state index in [4.69, 9.17) is 23.2 Å². The van der Waals surface area contributed by atoms with E-state index in [-0.39, 0.29) is 11.2 Å². The van der Waals surface area contributed by atoms with Gasteiger partial charge in [-0.2, -0.15) is 0 Å². The molecule has 0 aliphatic heterocycles. The zero-order valence-corrected chi connectivity index (χ0v) is 14.6. The van der Waals surface area contributed by atoms with Gasteiger partial charge in [-0.1, -0.05) is 11.6 Å². The molecular formula is C15H10Cl2FIN2. The predicted molar refractivity (Wildman–Crippen MR) is 93.0 cm³/mol. The van der Waals surface area contributed by atoms with E-state index in [0.29, 0.717) is 21.9 Å². The highest BCUT2D eigenvalue weighted by molar-refractivity contribution is 14.1. The molecule has 0 N–H and O–H groups in total. The number of halogens is 4. The van der Waals surface area contributed by atoms with Crippen LogP contribution in [0.1, 0.15) is 18.1 Å². The van der Waals surface area contributed by atoms with Crippen molar-refractivity contribution in [3.63, 3.8) is 0 Å². The first-order valence-corrected chi connectivity index (χ1v) is 8.14. The molecule has 0 radical (unpaired) electrons. The van der Waals surface area contributed by atoms with E-state index >= 15 is 0 Å². The normalized spacial score (nSPS) is 12.8. The molecule has 0 bridgehead atoms. The Morgan fingerprint density at radius 2 is 2.00 bits per heavy atom. The van der Waals surface area contributed by atoms with Crippen LogP contribution in [0.25, 0.3) is 16.7 Å². The minimum absolute atomic E-state index is 0.299. The summed E-state index contributed by atoms with van der Waals surface area (Å²) in [6.45, 7) is 1.85. The molecule has 3 rings (SSSR count). The zero-order valence-electron chi connectivity index (χ0n) is 10.9. The van der Waals surface area contributed by atoms with Crippen molar-refractivity contribution in [3.8, 4) is 5.69 Å². The molecule has 0 saturated carbocycles. The largest absolute Gasteiger partial charge is 0.294 e. The fourth-order valence-electron chi connectivity index (χ4n) is 2.25. The van der Waals surface area contributed by atoms with Crippen LogP contribution in [0.5, 0.6) is 0 Å². The number of hydrogen-bond acceptors (Lipinski definition) is 1. The molecule has 0 aliphatic carbocycles. The highest BCUT2D eigenvalue weighted by Crippen LogP contribution is 2.31. The first-order valence-electron chi connectivity index (χ1n) is 6.25. The molecule has 0 spiro atoms. The highest BCUT2D eigenvalue weighted by Gasteiger charge is 2.18. The second-order valence-electron chi connectivity index (χ2n) is 4.65. The van der Waals surface area contributed by atoms with E-state index in [2.05, 4.69) is 27.6 Å². The van der Waals surface area contributed by atoms with Gasteiger partial charge < -0.3 is 0 Å². The lowest BCUT2D eigenvalue weighted by molar-refractivity contribution is 0.629. The lowest BCUT2D eigenvalue weighted by atomic mass is 10.2. The fourth-order valence-corrected chi connectivity index (χ4v) is 3.51. The van der Waals surface area contributed by atoms with Crippen molar-refractivity contribution in [2.75, 3.05) is 0 Å². The molecule has 2 aromatic carbocycles. The summed E-state index contributed by atoms with van der Waals surface area (Å²) in [7, 11) is 0. The van der Waals surface area contributed by atoms with E-state index < -0.39 is 0 Å². The molecule has 1 heterocycles. The van der Waals surface area contributed by atoms with Crippen molar-refractivity contribution in [2.24, 2.45) is 0 Å². The zero-order chi connectivity index (χ0) is 15.1. The number of hydrogen-bond donors (Lipinski definition) is 0. The lowest BCUT2D eigenvalue weighted by Crippen LogP contribution is -2.03. The van der Waals surface area contributed by atoms with Crippen LogP contribution in [0.2, 0.25) is 5.02 Å². The highest BCUT2D eigenvalue weighted by atomic mass is 127. The maximum Gasteiger partial charge on any atom is 0.132 e. The number of aromatic nitrogens is 2. The molecule has 0 saturated heterocycles. The molecular weight excluding hydrogens is 425 g/mol. The van der Waals surface area contributed by atoms with Crippen LogP contribution < -0.4 is 0 Å². The number of alkyl halides is 1. The Kier molecular flexibility index (Phi) is 4.12. The monoisotopic (exact) mass is 434 g/mol. The van der Waals surface area contributed by atoms with Crippen molar-refractivity contribution in [3.05, 3.63) is 56.6 Å². The summed E-state index contributed by atoms with van der Waals surface area (Å²) in [4.78, 5) is 4.52. The van der Waals surface area contributed by atoms with Crippen LogP contribution in [0.3, 0.4) is 0 Å². The predicted octanol–water partition coefficient (Wildman–Crippen LogP) is 5.72. The Morgan fingerprint density at radius 1 is 1.24 bits per heavy atom. The lowest BCUT2D eigenvalue weighted by Gasteiger charge is -2.12. The maximum atomic E-state index is 13.6. The smallest absolute Gasteiger partial charge is 0.132 e. The summed E-state index contributed by atoms with van der Waals surface area (Å²) >= 11 is 14.5. The first kappa shape index (κ1) is 15.1. The van der Waals surface area contributed by atoms with Gasteiger partial charge in [0.1, 0.15) is 11.6 Å². The summed E-state index contributed by atoms with van der Waals surface area (Å²) in [5.74, 6) is 0.374. The third kappa shape index (κ3) is 2.76. The summed E-state index contributed by atoms with van der Waals surface area (Å²) in [6.07, 6.45) is 0. The molecule has 3 aromatic rings. The number of fused-ring (bicyclic) bond motifs is 1. The van der Waals surface area contributed by atoms with Gasteiger partial charge in [-0.3, -0.25) is 4.57 Å². The maximum absolute atomic E-state index is 13.6. The van der Waals surface area contributed by atoms with Gasteiger partial charge >= 0.3 is 0 Å². The first-order chi connectivity index (χ1) is 9.97. The van der Waals surface area contributed by atoms with E-state index in [1.807, 2.05) is 23.6 Å². The molecule has 108 valence electrons. The van der Waals surface area contributed by atoms with E-state index in [1.54, 1.807) is 12.1 Å². The van der Waals surface area contributed by atoms with Gasteiger partial charge in [0, 0.05) is 14.7 Å². The Bertz CT molecular complexity index is 830. The topological polar surface area (TPSA) is 17.8 Å². The van der Waals surface area contributed by atoms with Crippen molar-refractivity contribution in [1.82, 2.24) is 9.55 Å². The van der Waals surface area contributed by atoms with Gasteiger partial charge in [0.05, 0.1) is 22.1 Å². The molecule has 1 aromatic heterocycles. The summed E-state index contributed by atoms with van der Waals surface area (Å²) < 4.78 is 16.4. The van der Waals surface area contributed by atoms with E-state index in [1.165, 1.54) is 12.1 Å². The van der Waals surface area contributed by atoms with Gasteiger partial charge in [0.25, 0.3) is 0 Å². The fraction of sp³-hybridized carbons (Fsp3) is 0.133. The third-order valence-corrected chi connectivity index (χ3v) is 4.44. The number of benzene rings is 2. The third-order valence-electron chi connectivity index (χ3n) is 3.15. The van der Waals surface area contributed by atoms with Crippen LogP contribution in [0.15, 0.2) is 36.4 Å². The second kappa shape index (κ2) is 5.74. The molecule has 0 fully saturated rings. The summed E-state index contributed by atoms with van der Waals surface area (Å²) in [5, 5.41) is 0.353. The van der Waals surface area contributed by atoms with E-state index in [0.717, 1.165) is 9.26 Å². The standard InChI is InChI=1S/C15H10Cl2FIN2/c1-8(16)15-20-12-4-3-10(18)7-14(12)21(15)13-5-2-9(17)6-11(13)19/h2-8H,1H3. The van der Waals surface area contributed by atoms with Crippen molar-refractivity contribution in [1.29, 1.82) is 0 Å². The molecule has 0 amide bonds. The second-order valence-corrected chi connectivity index (χ2v) is 6.90. The Hall–Kier alpha value is -0.850. The number of rotatable bonds is 2. The van der Waals surface area contributed by atoms with Crippen molar-refractivity contribution in [2.45, 2.75) is 12.3 Å². The van der Waals surface area contributed by atoms with Crippen LogP contribution >= 0.6 is 45.8 Å². The minimum Gasteiger partial charge on any atom is -0.294 e. The van der Waals surface area contributed by atoms with Crippen LogP contribution in [-0.4, -0.2) is 9.55 Å². The molecule has 1 unspecified atom stereocenters. The summed E-state index contributed by atoms with van der Waals surface area (Å²) in [6, 6.07) is 10.1. The number of nitrogens with zero attached hydrogens (tertiary/aromatic N) is 2. The average Bonchev–Trinajstić information content (AvgIpc) is 2.77. The van der Waals surface area contributed by atoms with Gasteiger partial charge in [0.15, 0.2) is 0 Å². The van der Waals surface area contributed by atoms with Gasteiger partial charge in [0.2, 0.25) is 0 Å². The van der Waals surface area contributed by atoms with Crippen LogP contribution in [0, 0.1) is 9.39 Å². The van der Waals surface area contributed by atoms with Crippen molar-refractivity contribution < 1.29 is 4.39 Å². The van der Waals surface area contributed by atoms with Crippen LogP contribution in [-0.2, 0) is 0 Å². The van der Waals surface area contributed by atoms with Gasteiger partial charge in [-0.05, 0) is 59.8 Å².